The second kappa shape index (κ2) is 12.3. The van der Waals surface area contributed by atoms with E-state index in [-0.39, 0.29) is 24.8 Å². The second-order valence-electron chi connectivity index (χ2n) is 9.27. The molecule has 0 heterocycles. The fourth-order valence-electron chi connectivity index (χ4n) is 5.72. The van der Waals surface area contributed by atoms with Crippen LogP contribution >= 0.6 is 0 Å². The van der Waals surface area contributed by atoms with E-state index in [2.05, 4.69) is 128 Å². The van der Waals surface area contributed by atoms with Crippen LogP contribution in [0.4, 0.5) is 0 Å². The molecule has 0 atom stereocenters. The van der Waals surface area contributed by atoms with Gasteiger partial charge in [0.2, 0.25) is 0 Å². The van der Waals surface area contributed by atoms with E-state index >= 15 is 0 Å². The van der Waals surface area contributed by atoms with Crippen molar-refractivity contribution in [2.75, 3.05) is 0 Å². The van der Waals surface area contributed by atoms with E-state index in [1.807, 2.05) is 6.08 Å². The van der Waals surface area contributed by atoms with Crippen molar-refractivity contribution in [3.8, 4) is 11.1 Å². The maximum absolute atomic E-state index is 4.00. The number of hydrogen-bond donors (Lipinski definition) is 0. The summed E-state index contributed by atoms with van der Waals surface area (Å²) in [6, 6.07) is 40.6. The van der Waals surface area contributed by atoms with E-state index < -0.39 is 21.3 Å². The standard InChI is InChI=1S/C13H9.C13H10.C8H9.2ClH.Zr/c1-3-7-12-10(5-1)9-11-6-2-4-8-13(11)12;1-3-7-12(8-4-1)11-13-9-5-2-6-10-13;1-2-5-8-6-3-4-7-8;;;/h1-9H;1-10H;2,6-7H,1,3,5H2;2*1H;/q;;;;;+2/p-2. The average molecular weight is 599 g/mol. The molecular formula is C34H28Cl2Zr. The Hall–Kier alpha value is -2.57. The van der Waals surface area contributed by atoms with Gasteiger partial charge in [0.25, 0.3) is 0 Å². The largest absolute Gasteiger partial charge is 1.00 e. The van der Waals surface area contributed by atoms with Crippen LogP contribution in [0.1, 0.15) is 38.7 Å². The molecule has 0 saturated carbocycles. The summed E-state index contributed by atoms with van der Waals surface area (Å²) in [6.45, 7) is 4.00. The van der Waals surface area contributed by atoms with Crippen molar-refractivity contribution in [2.24, 2.45) is 0 Å². The van der Waals surface area contributed by atoms with E-state index in [0.717, 1.165) is 12.8 Å². The third kappa shape index (κ3) is 5.24. The maximum atomic E-state index is 4.00. The van der Waals surface area contributed by atoms with Crippen molar-refractivity contribution in [3.63, 3.8) is 0 Å². The molecule has 0 fully saturated rings. The Balaban J connectivity index is 0.00000160. The summed E-state index contributed by atoms with van der Waals surface area (Å²) in [5.74, 6) is 0. The number of benzene rings is 4. The molecule has 0 bridgehead atoms. The van der Waals surface area contributed by atoms with Crippen LogP contribution in [0, 0.1) is 0 Å². The number of hydrogen-bond acceptors (Lipinski definition) is 0. The summed E-state index contributed by atoms with van der Waals surface area (Å²) in [5.41, 5.74) is 10.1. The molecular weight excluding hydrogens is 571 g/mol. The van der Waals surface area contributed by atoms with E-state index in [0.29, 0.717) is 3.63 Å². The Morgan fingerprint density at radius 2 is 1.19 bits per heavy atom. The first-order chi connectivity index (χ1) is 17.3. The summed E-state index contributed by atoms with van der Waals surface area (Å²) in [5, 5.41) is 0. The summed E-state index contributed by atoms with van der Waals surface area (Å²) in [4.78, 5) is 0. The van der Waals surface area contributed by atoms with Gasteiger partial charge in [-0.2, -0.15) is 0 Å². The maximum Gasteiger partial charge on any atom is -1.00 e. The molecule has 3 heteroatoms. The zero-order valence-corrected chi connectivity index (χ0v) is 24.5. The van der Waals surface area contributed by atoms with Crippen molar-refractivity contribution in [3.05, 3.63) is 165 Å². The van der Waals surface area contributed by atoms with Gasteiger partial charge in [-0.25, -0.2) is 0 Å². The topological polar surface area (TPSA) is 0 Å². The van der Waals surface area contributed by atoms with E-state index in [4.69, 9.17) is 0 Å². The van der Waals surface area contributed by atoms with Gasteiger partial charge in [-0.1, -0.05) is 0 Å². The van der Waals surface area contributed by atoms with E-state index in [1.54, 1.807) is 6.49 Å². The molecule has 0 spiro atoms. The summed E-state index contributed by atoms with van der Waals surface area (Å²) in [7, 11) is 0. The Bertz CT molecular complexity index is 1410. The first-order valence-electron chi connectivity index (χ1n) is 12.4. The molecule has 37 heavy (non-hydrogen) atoms. The van der Waals surface area contributed by atoms with E-state index in [1.165, 1.54) is 39.0 Å². The van der Waals surface area contributed by atoms with Crippen LogP contribution in [0.2, 0.25) is 0 Å². The van der Waals surface area contributed by atoms with Crippen LogP contribution < -0.4 is 24.8 Å². The molecule has 6 rings (SSSR count). The van der Waals surface area contributed by atoms with E-state index in [9.17, 15) is 0 Å². The summed E-state index contributed by atoms with van der Waals surface area (Å²) < 4.78 is 3.75. The first-order valence-corrected chi connectivity index (χ1v) is 16.3. The molecule has 0 unspecified atom stereocenters. The number of allylic oxidation sites excluding steroid dienone is 5. The fourth-order valence-corrected chi connectivity index (χ4v) is 14.9. The Morgan fingerprint density at radius 3 is 1.70 bits per heavy atom. The van der Waals surface area contributed by atoms with Gasteiger partial charge < -0.3 is 24.8 Å². The van der Waals surface area contributed by atoms with Crippen molar-refractivity contribution in [1.29, 1.82) is 0 Å². The summed E-state index contributed by atoms with van der Waals surface area (Å²) >= 11 is -2.58. The number of rotatable bonds is 6. The first kappa shape index (κ1) is 27.5. The average Bonchev–Trinajstić information content (AvgIpc) is 3.51. The van der Waals surface area contributed by atoms with Gasteiger partial charge >= 0.3 is 217 Å². The Kier molecular flexibility index (Phi) is 9.14. The fraction of sp³-hybridized carbons (Fsp3) is 0.0882. The third-order valence-electron chi connectivity index (χ3n) is 7.19. The number of fused-ring (bicyclic) bond motifs is 3. The minimum absolute atomic E-state index is 0. The van der Waals surface area contributed by atoms with Crippen LogP contribution in [0.25, 0.3) is 11.1 Å². The molecule has 0 amide bonds. The van der Waals surface area contributed by atoms with Crippen LogP contribution in [0.3, 0.4) is 0 Å². The van der Waals surface area contributed by atoms with Gasteiger partial charge in [-0.15, -0.1) is 0 Å². The molecule has 0 aromatic heterocycles. The number of halogens is 2. The van der Waals surface area contributed by atoms with Crippen molar-refractivity contribution < 1.29 is 46.1 Å². The molecule has 2 aliphatic carbocycles. The minimum atomic E-state index is -2.58. The summed E-state index contributed by atoms with van der Waals surface area (Å²) in [6.07, 6.45) is 9.03. The molecule has 0 nitrogen and oxygen atoms in total. The van der Waals surface area contributed by atoms with Crippen LogP contribution in [0.5, 0.6) is 0 Å². The van der Waals surface area contributed by atoms with Gasteiger partial charge in [0.15, 0.2) is 0 Å². The zero-order valence-electron chi connectivity index (χ0n) is 20.6. The minimum Gasteiger partial charge on any atom is -1.00 e. The van der Waals surface area contributed by atoms with Gasteiger partial charge in [0, 0.05) is 0 Å². The molecule has 0 aliphatic heterocycles. The van der Waals surface area contributed by atoms with Gasteiger partial charge in [-0.3, -0.25) is 0 Å². The second-order valence-corrected chi connectivity index (χ2v) is 15.5. The normalized spacial score (nSPS) is 13.1. The van der Waals surface area contributed by atoms with Crippen molar-refractivity contribution >= 4 is 3.21 Å². The molecule has 0 N–H and O–H groups in total. The van der Waals surface area contributed by atoms with Crippen LogP contribution in [-0.4, -0.2) is 3.21 Å². The molecule has 4 aromatic rings. The smallest absolute Gasteiger partial charge is 1.00 e. The predicted octanol–water partition coefficient (Wildman–Crippen LogP) is 2.44. The van der Waals surface area contributed by atoms with Crippen LogP contribution in [-0.2, 0) is 21.3 Å². The molecule has 0 radical (unpaired) electrons. The predicted molar refractivity (Wildman–Crippen MR) is 145 cm³/mol. The van der Waals surface area contributed by atoms with Crippen molar-refractivity contribution in [2.45, 2.75) is 16.5 Å². The zero-order chi connectivity index (χ0) is 23.6. The third-order valence-corrected chi connectivity index (χ3v) is 15.4. The van der Waals surface area contributed by atoms with Gasteiger partial charge in [0.1, 0.15) is 0 Å². The Morgan fingerprint density at radius 1 is 0.703 bits per heavy atom. The molecule has 182 valence electrons. The molecule has 4 aromatic carbocycles. The Labute approximate surface area is 240 Å². The van der Waals surface area contributed by atoms with Gasteiger partial charge in [0.05, 0.1) is 0 Å². The van der Waals surface area contributed by atoms with Gasteiger partial charge in [-0.05, 0) is 0 Å². The quantitative estimate of drug-likeness (QED) is 0.300. The molecule has 0 saturated heterocycles. The molecule has 2 aliphatic rings. The monoisotopic (exact) mass is 596 g/mol. The SMILES string of the molecule is C=CCC1=CC[C]([Zr+2](=[C](c2ccccc2)c2ccccc2)[CH]2c3ccccc3-c3ccccc32)=C1.[Cl-].[Cl-]. The van der Waals surface area contributed by atoms with Crippen LogP contribution in [0.15, 0.2) is 143 Å². The van der Waals surface area contributed by atoms with Crippen molar-refractivity contribution in [1.82, 2.24) is 0 Å².